The molecule has 0 radical (unpaired) electrons. The van der Waals surface area contributed by atoms with Gasteiger partial charge < -0.3 is 0 Å². The van der Waals surface area contributed by atoms with E-state index in [-0.39, 0.29) is 20.3 Å². The smallest absolute Gasteiger partial charge is 0.0159 e. The molecule has 77 heavy (non-hydrogen) atoms. The molecule has 0 bridgehead atoms. The zero-order valence-corrected chi connectivity index (χ0v) is 51.6. The molecule has 0 aliphatic heterocycles. The minimum absolute atomic E-state index is 0. The van der Waals surface area contributed by atoms with Crippen LogP contribution < -0.4 is 0 Å². The molecule has 432 valence electrons. The van der Waals surface area contributed by atoms with Crippen molar-refractivity contribution in [3.05, 3.63) is 163 Å². The fraction of sp³-hybridized carbons (Fsp3) is 0.610. The fourth-order valence-electron chi connectivity index (χ4n) is 11.0. The summed E-state index contributed by atoms with van der Waals surface area (Å²) in [6.07, 6.45) is 41.4. The Morgan fingerprint density at radius 3 is 1.00 bits per heavy atom. The minimum atomic E-state index is 0. The molecule has 0 spiro atoms. The second kappa shape index (κ2) is 42.1. The molecule has 1 aliphatic rings. The highest BCUT2D eigenvalue weighted by atomic mass is 14.4. The Balaban J connectivity index is 0.000000536. The topological polar surface area (TPSA) is 0 Å². The molecule has 0 aromatic heterocycles. The first kappa shape index (κ1) is 71.1. The maximum Gasteiger partial charge on any atom is 0.0159 e. The van der Waals surface area contributed by atoms with Gasteiger partial charge in [-0.05, 0) is 182 Å². The fourth-order valence-corrected chi connectivity index (χ4v) is 11.0. The van der Waals surface area contributed by atoms with Gasteiger partial charge in [-0.25, -0.2) is 0 Å². The summed E-state index contributed by atoms with van der Waals surface area (Å²) in [5, 5.41) is 0. The van der Waals surface area contributed by atoms with Crippen molar-refractivity contribution in [1.82, 2.24) is 0 Å². The summed E-state index contributed by atoms with van der Waals surface area (Å²) in [5.74, 6) is 0. The SMILES string of the molecule is C.C.CCCCCCCCC.CCCCCCc1ccc(CCCCCC)c(C)c1C.CCCCCCc1ccc2c(c1)C(C)(C)c1cc(CCCCCC)ccc1-2.CCCCc1ccc(Cc2ccc(C)c(C)c2)cc1. The summed E-state index contributed by atoms with van der Waals surface area (Å²) in [6, 6.07) is 35.2. The number of hydrogen-bond acceptors (Lipinski definition) is 0. The lowest BCUT2D eigenvalue weighted by Gasteiger charge is -2.22. The largest absolute Gasteiger partial charge is 0.0776 e. The van der Waals surface area contributed by atoms with Crippen molar-refractivity contribution in [3.63, 3.8) is 0 Å². The maximum absolute atomic E-state index is 2.50. The Kier molecular flexibility index (Phi) is 38.8. The van der Waals surface area contributed by atoms with Crippen molar-refractivity contribution >= 4 is 0 Å². The van der Waals surface area contributed by atoms with Gasteiger partial charge in [0.2, 0.25) is 0 Å². The molecule has 0 saturated carbocycles. The molecular weight excluding hydrogens is 925 g/mol. The van der Waals surface area contributed by atoms with E-state index in [1.54, 1.807) is 22.3 Å². The molecule has 0 unspecified atom stereocenters. The Morgan fingerprint density at radius 2 is 0.610 bits per heavy atom. The van der Waals surface area contributed by atoms with E-state index < -0.39 is 0 Å². The average molecular weight is 1050 g/mol. The molecule has 0 amide bonds. The third-order valence-corrected chi connectivity index (χ3v) is 16.6. The van der Waals surface area contributed by atoms with Crippen LogP contribution in [0.3, 0.4) is 0 Å². The lowest BCUT2D eigenvalue weighted by molar-refractivity contribution is 0.602. The van der Waals surface area contributed by atoms with Crippen molar-refractivity contribution < 1.29 is 0 Å². The summed E-state index contributed by atoms with van der Waals surface area (Å²) in [6.45, 7) is 29.7. The number of rotatable bonds is 31. The molecule has 5 aromatic rings. The van der Waals surface area contributed by atoms with E-state index in [9.17, 15) is 0 Å². The molecule has 6 rings (SSSR count). The third kappa shape index (κ3) is 26.3. The molecule has 1 aliphatic carbocycles. The first-order valence-electron chi connectivity index (χ1n) is 31.9. The van der Waals surface area contributed by atoms with Gasteiger partial charge in [-0.15, -0.1) is 0 Å². The van der Waals surface area contributed by atoms with Crippen molar-refractivity contribution in [2.75, 3.05) is 0 Å². The number of benzene rings is 5. The number of fused-ring (bicyclic) bond motifs is 3. The van der Waals surface area contributed by atoms with E-state index in [1.807, 2.05) is 0 Å². The zero-order chi connectivity index (χ0) is 54.7. The van der Waals surface area contributed by atoms with Gasteiger partial charge in [-0.1, -0.05) is 297 Å². The number of unbranched alkanes of at least 4 members (excludes halogenated alkanes) is 19. The lowest BCUT2D eigenvalue weighted by Crippen LogP contribution is -2.15. The van der Waals surface area contributed by atoms with Gasteiger partial charge in [-0.3, -0.25) is 0 Å². The standard InChI is InChI=1S/C27H38.C20H34.C19H24.C9H20.2CH4/c1-5-7-9-11-13-21-15-17-23-24-18-16-22(14-12-10-8-6-2)20-26(24)27(3,4)25(23)19-21;1-5-7-9-11-13-19-15-16-20(18(4)17(19)3)14-12-10-8-6-2;1-4-5-6-17-9-11-18(12-10-17)14-19-8-7-15(2)16(3)13-19;1-3-5-7-9-8-6-4-2;;/h15-20H,5-14H2,1-4H3;15-16H,5-14H2,1-4H3;7-13H,4-6,14H2,1-3H3;3-9H2,1-2H3;2*1H4. The molecule has 0 fully saturated rings. The molecule has 0 saturated heterocycles. The maximum atomic E-state index is 2.50. The van der Waals surface area contributed by atoms with Crippen molar-refractivity contribution in [1.29, 1.82) is 0 Å². The summed E-state index contributed by atoms with van der Waals surface area (Å²) >= 11 is 0. The van der Waals surface area contributed by atoms with Crippen molar-refractivity contribution in [2.24, 2.45) is 0 Å². The van der Waals surface area contributed by atoms with Crippen LogP contribution in [0.5, 0.6) is 0 Å². The average Bonchev–Trinajstić information content (AvgIpc) is 3.65. The van der Waals surface area contributed by atoms with Gasteiger partial charge in [0.25, 0.3) is 0 Å². The summed E-state index contributed by atoms with van der Waals surface area (Å²) in [5.41, 5.74) is 22.5. The molecule has 5 aromatic carbocycles. The summed E-state index contributed by atoms with van der Waals surface area (Å²) in [7, 11) is 0. The highest BCUT2D eigenvalue weighted by molar-refractivity contribution is 5.81. The van der Waals surface area contributed by atoms with E-state index in [0.717, 1.165) is 6.42 Å². The Labute approximate surface area is 481 Å². The van der Waals surface area contributed by atoms with E-state index in [1.165, 1.54) is 254 Å². The van der Waals surface area contributed by atoms with Crippen LogP contribution in [0.1, 0.15) is 310 Å². The van der Waals surface area contributed by atoms with Crippen LogP contribution in [0, 0.1) is 27.7 Å². The Morgan fingerprint density at radius 1 is 0.286 bits per heavy atom. The van der Waals surface area contributed by atoms with Gasteiger partial charge in [-0.2, -0.15) is 0 Å². The normalized spacial score (nSPS) is 11.6. The van der Waals surface area contributed by atoms with Crippen LogP contribution in [-0.4, -0.2) is 0 Å². The second-order valence-electron chi connectivity index (χ2n) is 23.5. The van der Waals surface area contributed by atoms with Crippen LogP contribution in [0.25, 0.3) is 11.1 Å². The highest BCUT2D eigenvalue weighted by Gasteiger charge is 2.35. The highest BCUT2D eigenvalue weighted by Crippen LogP contribution is 2.49. The molecule has 0 N–H and O–H groups in total. The molecule has 0 heteroatoms. The summed E-state index contributed by atoms with van der Waals surface area (Å²) < 4.78 is 0. The van der Waals surface area contributed by atoms with Crippen LogP contribution in [0.15, 0.2) is 91.0 Å². The Hall–Kier alpha value is -3.90. The second-order valence-corrected chi connectivity index (χ2v) is 23.5. The first-order chi connectivity index (χ1) is 36.4. The van der Waals surface area contributed by atoms with Crippen LogP contribution >= 0.6 is 0 Å². The molecule has 0 heterocycles. The van der Waals surface area contributed by atoms with Gasteiger partial charge in [0.05, 0.1) is 0 Å². The summed E-state index contributed by atoms with van der Waals surface area (Å²) in [4.78, 5) is 0. The molecular formula is C77H124. The van der Waals surface area contributed by atoms with Gasteiger partial charge in [0, 0.05) is 5.41 Å². The van der Waals surface area contributed by atoms with E-state index in [4.69, 9.17) is 0 Å². The number of hydrogen-bond donors (Lipinski definition) is 0. The van der Waals surface area contributed by atoms with E-state index >= 15 is 0 Å². The predicted octanol–water partition coefficient (Wildman–Crippen LogP) is 25.1. The minimum Gasteiger partial charge on any atom is -0.0776 e. The van der Waals surface area contributed by atoms with Crippen molar-refractivity contribution in [3.8, 4) is 11.1 Å². The lowest BCUT2D eigenvalue weighted by atomic mass is 9.81. The third-order valence-electron chi connectivity index (χ3n) is 16.6. The van der Waals surface area contributed by atoms with Crippen molar-refractivity contribution in [2.45, 2.75) is 309 Å². The first-order valence-corrected chi connectivity index (χ1v) is 31.9. The van der Waals surface area contributed by atoms with Crippen LogP contribution in [0.4, 0.5) is 0 Å². The Bertz CT molecular complexity index is 2140. The molecule has 0 atom stereocenters. The quantitative estimate of drug-likeness (QED) is 0.0388. The van der Waals surface area contributed by atoms with Gasteiger partial charge in [0.15, 0.2) is 0 Å². The zero-order valence-electron chi connectivity index (χ0n) is 51.6. The van der Waals surface area contributed by atoms with E-state index in [2.05, 4.69) is 181 Å². The van der Waals surface area contributed by atoms with Gasteiger partial charge in [0.1, 0.15) is 0 Å². The predicted molar refractivity (Wildman–Crippen MR) is 352 cm³/mol. The van der Waals surface area contributed by atoms with Crippen LogP contribution in [-0.2, 0) is 43.9 Å². The number of aryl methyl sites for hydroxylation is 7. The molecule has 0 nitrogen and oxygen atoms in total. The van der Waals surface area contributed by atoms with Gasteiger partial charge >= 0.3 is 0 Å². The van der Waals surface area contributed by atoms with E-state index in [0.29, 0.717) is 0 Å². The van der Waals surface area contributed by atoms with Crippen LogP contribution in [0.2, 0.25) is 0 Å². The monoisotopic (exact) mass is 1050 g/mol.